The highest BCUT2D eigenvalue weighted by Gasteiger charge is 2.19. The van der Waals surface area contributed by atoms with E-state index >= 15 is 0 Å². The first-order valence-electron chi connectivity index (χ1n) is 6.07. The molecule has 2 aromatic heterocycles. The maximum absolute atomic E-state index is 12.1. The number of carbonyl (C=O) groups excluding carboxylic acids is 1. The fraction of sp³-hybridized carbons (Fsp3) is 0.308. The molecule has 0 saturated heterocycles. The first-order valence-corrected chi connectivity index (χ1v) is 6.07. The van der Waals surface area contributed by atoms with Gasteiger partial charge < -0.3 is 11.1 Å². The van der Waals surface area contributed by atoms with Gasteiger partial charge in [0.1, 0.15) is 0 Å². The van der Waals surface area contributed by atoms with Gasteiger partial charge in [0.15, 0.2) is 5.69 Å². The molecule has 19 heavy (non-hydrogen) atoms. The highest BCUT2D eigenvalue weighted by atomic mass is 16.2. The van der Waals surface area contributed by atoms with Crippen molar-refractivity contribution in [3.8, 4) is 0 Å². The second-order valence-electron chi connectivity index (χ2n) is 4.64. The Morgan fingerprint density at radius 3 is 2.79 bits per heavy atom. The van der Waals surface area contributed by atoms with Crippen molar-refractivity contribution in [1.82, 2.24) is 15.2 Å². The van der Waals surface area contributed by atoms with Crippen LogP contribution in [0, 0.1) is 6.92 Å². The van der Waals surface area contributed by atoms with Crippen LogP contribution in [0.1, 0.15) is 41.6 Å². The minimum atomic E-state index is -0.336. The number of H-pyrrole nitrogens is 1. The molecule has 2 heterocycles. The van der Waals surface area contributed by atoms with E-state index in [1.165, 1.54) is 0 Å². The summed E-state index contributed by atoms with van der Waals surface area (Å²) in [7, 11) is 0. The predicted octanol–water partition coefficient (Wildman–Crippen LogP) is 2.07. The number of pyridine rings is 1. The number of carbonyl (C=O) groups is 1. The zero-order valence-electron chi connectivity index (χ0n) is 11.2. The van der Waals surface area contributed by atoms with Crippen LogP contribution in [0.15, 0.2) is 18.3 Å². The molecule has 6 nitrogen and oxygen atoms in total. The maximum atomic E-state index is 12.1. The highest BCUT2D eigenvalue weighted by Crippen LogP contribution is 2.23. The van der Waals surface area contributed by atoms with Crippen LogP contribution < -0.4 is 11.1 Å². The number of aromatic nitrogens is 3. The summed E-state index contributed by atoms with van der Waals surface area (Å²) in [6.45, 7) is 5.79. The Morgan fingerprint density at radius 2 is 2.21 bits per heavy atom. The Hall–Kier alpha value is -2.37. The lowest BCUT2D eigenvalue weighted by Crippen LogP contribution is -2.15. The lowest BCUT2D eigenvalue weighted by Gasteiger charge is -2.06. The molecule has 0 spiro atoms. The number of nitrogen functional groups attached to an aromatic ring is 1. The Balaban J connectivity index is 2.24. The van der Waals surface area contributed by atoms with Gasteiger partial charge in [0.25, 0.3) is 5.91 Å². The second kappa shape index (κ2) is 5.09. The van der Waals surface area contributed by atoms with Crippen LogP contribution in [0.25, 0.3) is 0 Å². The third-order valence-corrected chi connectivity index (χ3v) is 2.88. The summed E-state index contributed by atoms with van der Waals surface area (Å²) >= 11 is 0. The molecular formula is C13H17N5O. The standard InChI is InChI=1S/C13H17N5O/c1-7(2)11-10(14)12(18-17-11)13(19)16-9-5-4-6-15-8(9)3/h4-7H,14H2,1-3H3,(H,16,19)(H,17,18). The molecule has 0 aliphatic rings. The van der Waals surface area contributed by atoms with Gasteiger partial charge >= 0.3 is 0 Å². The number of anilines is 2. The summed E-state index contributed by atoms with van der Waals surface area (Å²) in [6.07, 6.45) is 1.67. The number of nitrogens with one attached hydrogen (secondary N) is 2. The van der Waals surface area contributed by atoms with Crippen LogP contribution in [0.3, 0.4) is 0 Å². The Bertz CT molecular complexity index is 603. The third kappa shape index (κ3) is 2.57. The molecule has 2 rings (SSSR count). The SMILES string of the molecule is Cc1ncccc1NC(=O)c1n[nH]c(C(C)C)c1N. The van der Waals surface area contributed by atoms with E-state index in [1.807, 2.05) is 20.8 Å². The van der Waals surface area contributed by atoms with E-state index in [4.69, 9.17) is 5.73 Å². The summed E-state index contributed by atoms with van der Waals surface area (Å²) in [4.78, 5) is 16.2. The fourth-order valence-corrected chi connectivity index (χ4v) is 1.78. The monoisotopic (exact) mass is 259 g/mol. The molecule has 0 saturated carbocycles. The van der Waals surface area contributed by atoms with E-state index in [1.54, 1.807) is 18.3 Å². The smallest absolute Gasteiger partial charge is 0.278 e. The Kier molecular flexibility index (Phi) is 3.50. The van der Waals surface area contributed by atoms with Gasteiger partial charge in [-0.15, -0.1) is 0 Å². The van der Waals surface area contributed by atoms with Crippen molar-refractivity contribution in [2.24, 2.45) is 0 Å². The molecule has 0 aliphatic heterocycles. The van der Waals surface area contributed by atoms with Gasteiger partial charge in [-0.3, -0.25) is 14.9 Å². The molecule has 0 atom stereocenters. The number of hydrogen-bond acceptors (Lipinski definition) is 4. The predicted molar refractivity (Wildman–Crippen MR) is 74.0 cm³/mol. The van der Waals surface area contributed by atoms with E-state index in [2.05, 4.69) is 20.5 Å². The summed E-state index contributed by atoms with van der Waals surface area (Å²) < 4.78 is 0. The van der Waals surface area contributed by atoms with Gasteiger partial charge in [-0.1, -0.05) is 13.8 Å². The third-order valence-electron chi connectivity index (χ3n) is 2.88. The minimum absolute atomic E-state index is 0.189. The first kappa shape index (κ1) is 13.1. The molecule has 0 bridgehead atoms. The van der Waals surface area contributed by atoms with Crippen molar-refractivity contribution in [1.29, 1.82) is 0 Å². The summed E-state index contributed by atoms with van der Waals surface area (Å²) in [6, 6.07) is 3.54. The van der Waals surface area contributed by atoms with E-state index in [9.17, 15) is 4.79 Å². The molecule has 0 fully saturated rings. The van der Waals surface area contributed by atoms with E-state index in [0.717, 1.165) is 11.4 Å². The average molecular weight is 259 g/mol. The number of aryl methyl sites for hydroxylation is 1. The topological polar surface area (TPSA) is 96.7 Å². The van der Waals surface area contributed by atoms with Gasteiger partial charge in [-0.2, -0.15) is 5.10 Å². The van der Waals surface area contributed by atoms with Crippen molar-refractivity contribution >= 4 is 17.3 Å². The fourth-order valence-electron chi connectivity index (χ4n) is 1.78. The lowest BCUT2D eigenvalue weighted by atomic mass is 10.1. The molecule has 4 N–H and O–H groups in total. The van der Waals surface area contributed by atoms with Crippen molar-refractivity contribution < 1.29 is 4.79 Å². The molecule has 0 aliphatic carbocycles. The van der Waals surface area contributed by atoms with Crippen LogP contribution in [-0.2, 0) is 0 Å². The van der Waals surface area contributed by atoms with E-state index in [0.29, 0.717) is 11.4 Å². The molecule has 2 aromatic rings. The lowest BCUT2D eigenvalue weighted by molar-refractivity contribution is 0.102. The second-order valence-corrected chi connectivity index (χ2v) is 4.64. The Labute approximate surface area is 111 Å². The van der Waals surface area contributed by atoms with Gasteiger partial charge in [0, 0.05) is 6.20 Å². The van der Waals surface area contributed by atoms with Crippen molar-refractivity contribution in [2.45, 2.75) is 26.7 Å². The summed E-state index contributed by atoms with van der Waals surface area (Å²) in [5.74, 6) is -0.147. The van der Waals surface area contributed by atoms with Crippen molar-refractivity contribution in [3.05, 3.63) is 35.4 Å². The molecule has 0 unspecified atom stereocenters. The maximum Gasteiger partial charge on any atom is 0.278 e. The zero-order chi connectivity index (χ0) is 14.0. The largest absolute Gasteiger partial charge is 0.395 e. The van der Waals surface area contributed by atoms with Crippen LogP contribution in [-0.4, -0.2) is 21.1 Å². The molecule has 100 valence electrons. The van der Waals surface area contributed by atoms with Crippen molar-refractivity contribution in [2.75, 3.05) is 11.1 Å². The number of nitrogens with zero attached hydrogens (tertiary/aromatic N) is 2. The summed E-state index contributed by atoms with van der Waals surface area (Å²) in [5, 5.41) is 9.54. The molecule has 0 radical (unpaired) electrons. The summed E-state index contributed by atoms with van der Waals surface area (Å²) in [5.41, 5.74) is 8.71. The minimum Gasteiger partial charge on any atom is -0.395 e. The van der Waals surface area contributed by atoms with Crippen LogP contribution in [0.2, 0.25) is 0 Å². The normalized spacial score (nSPS) is 10.7. The van der Waals surface area contributed by atoms with Gasteiger partial charge in [-0.05, 0) is 25.0 Å². The van der Waals surface area contributed by atoms with Crippen LogP contribution in [0.4, 0.5) is 11.4 Å². The number of nitrogens with two attached hydrogens (primary N) is 1. The highest BCUT2D eigenvalue weighted by molar-refractivity contribution is 6.06. The molecule has 6 heteroatoms. The van der Waals surface area contributed by atoms with E-state index in [-0.39, 0.29) is 17.5 Å². The average Bonchev–Trinajstić information content (AvgIpc) is 2.74. The number of hydrogen-bond donors (Lipinski definition) is 3. The van der Waals surface area contributed by atoms with Gasteiger partial charge in [0.2, 0.25) is 0 Å². The molecule has 1 amide bonds. The first-order chi connectivity index (χ1) is 9.00. The number of aromatic amines is 1. The molecular weight excluding hydrogens is 242 g/mol. The number of rotatable bonds is 3. The van der Waals surface area contributed by atoms with Gasteiger partial charge in [-0.25, -0.2) is 0 Å². The van der Waals surface area contributed by atoms with Crippen LogP contribution in [0.5, 0.6) is 0 Å². The Morgan fingerprint density at radius 1 is 1.47 bits per heavy atom. The van der Waals surface area contributed by atoms with Gasteiger partial charge in [0.05, 0.1) is 22.8 Å². The molecule has 0 aromatic carbocycles. The quantitative estimate of drug-likeness (QED) is 0.786. The van der Waals surface area contributed by atoms with E-state index < -0.39 is 0 Å². The van der Waals surface area contributed by atoms with Crippen molar-refractivity contribution in [3.63, 3.8) is 0 Å². The van der Waals surface area contributed by atoms with Crippen LogP contribution >= 0.6 is 0 Å². The number of amides is 1. The zero-order valence-corrected chi connectivity index (χ0v) is 11.2.